The van der Waals surface area contributed by atoms with Gasteiger partial charge in [0.15, 0.2) is 0 Å². The third-order valence-electron chi connectivity index (χ3n) is 6.50. The molecule has 3 aromatic carbocycles. The van der Waals surface area contributed by atoms with Crippen molar-refractivity contribution in [2.24, 2.45) is 0 Å². The molecule has 44 heavy (non-hydrogen) atoms. The highest BCUT2D eigenvalue weighted by atomic mass is 32.1. The quantitative estimate of drug-likeness (QED) is 0.174. The van der Waals surface area contributed by atoms with Gasteiger partial charge in [-0.15, -0.1) is 22.7 Å². The average molecular weight is 606 g/mol. The summed E-state index contributed by atoms with van der Waals surface area (Å²) in [5.74, 6) is -1.000. The fraction of sp³-hybridized carbons (Fsp3) is 0. The number of allylic oxidation sites excluding steroid dienone is 2. The van der Waals surface area contributed by atoms with Crippen LogP contribution in [-0.2, 0) is 0 Å². The Hall–Kier alpha value is -6.23. The summed E-state index contributed by atoms with van der Waals surface area (Å²) in [5.41, 5.74) is 4.75. The van der Waals surface area contributed by atoms with Crippen molar-refractivity contribution in [3.63, 3.8) is 0 Å². The molecule has 0 aliphatic carbocycles. The largest absolute Gasteiger partial charge is 0.478 e. The Balaban J connectivity index is 1.48. The van der Waals surface area contributed by atoms with E-state index in [-0.39, 0.29) is 16.7 Å². The molecule has 0 amide bonds. The number of thiophene rings is 2. The molecule has 0 atom stereocenters. The Morgan fingerprint density at radius 3 is 1.27 bits per heavy atom. The van der Waals surface area contributed by atoms with E-state index in [1.54, 1.807) is 36.4 Å². The lowest BCUT2D eigenvalue weighted by atomic mass is 10.1. The van der Waals surface area contributed by atoms with E-state index >= 15 is 0 Å². The molecule has 0 bridgehead atoms. The fourth-order valence-electron chi connectivity index (χ4n) is 4.38. The Labute approximate surface area is 261 Å². The second kappa shape index (κ2) is 13.2. The number of carboxylic acids is 1. The van der Waals surface area contributed by atoms with Gasteiger partial charge in [0.05, 0.1) is 5.56 Å². The van der Waals surface area contributed by atoms with Gasteiger partial charge < -0.3 is 10.0 Å². The number of benzene rings is 3. The molecular formula is C35H19N5O2S2. The standard InChI is InChI=1S/C35H19N5O2S2/c36-19-23(20-37)17-31-13-15-33(43-31)25-1-7-28(8-2-25)40(30-11-5-27(6-12-30)35(41)42)29-9-3-26(4-10-29)34-16-14-32(44-34)18-24(21-38)22-39/h1-18H,(H,41,42). The Kier molecular flexibility index (Phi) is 8.76. The lowest BCUT2D eigenvalue weighted by Gasteiger charge is -2.26. The molecule has 0 unspecified atom stereocenters. The first-order valence-electron chi connectivity index (χ1n) is 13.0. The zero-order valence-corrected chi connectivity index (χ0v) is 24.4. The van der Waals surface area contributed by atoms with Gasteiger partial charge in [-0.05, 0) is 96.1 Å². The van der Waals surface area contributed by atoms with Crippen LogP contribution in [0.1, 0.15) is 20.1 Å². The molecule has 0 aliphatic rings. The van der Waals surface area contributed by atoms with Crippen LogP contribution in [0, 0.1) is 45.3 Å². The molecule has 0 aliphatic heterocycles. The van der Waals surface area contributed by atoms with Gasteiger partial charge in [0.25, 0.3) is 0 Å². The molecule has 1 N–H and O–H groups in total. The normalized spacial score (nSPS) is 9.91. The summed E-state index contributed by atoms with van der Waals surface area (Å²) in [4.78, 5) is 17.1. The van der Waals surface area contributed by atoms with Crippen LogP contribution < -0.4 is 4.90 Å². The number of carbonyl (C=O) groups is 1. The number of nitriles is 4. The monoisotopic (exact) mass is 605 g/mol. The molecule has 0 saturated carbocycles. The van der Waals surface area contributed by atoms with Gasteiger partial charge in [-0.2, -0.15) is 21.0 Å². The van der Waals surface area contributed by atoms with Gasteiger partial charge in [0.2, 0.25) is 0 Å². The van der Waals surface area contributed by atoms with Crippen LogP contribution in [0.2, 0.25) is 0 Å². The molecule has 208 valence electrons. The first-order valence-corrected chi connectivity index (χ1v) is 14.6. The average Bonchev–Trinajstić information content (AvgIpc) is 3.73. The summed E-state index contributed by atoms with van der Waals surface area (Å²) in [6.07, 6.45) is 3.14. The number of hydrogen-bond donors (Lipinski definition) is 1. The maximum Gasteiger partial charge on any atom is 0.335 e. The maximum atomic E-state index is 11.5. The molecule has 7 nitrogen and oxygen atoms in total. The highest BCUT2D eigenvalue weighted by Crippen LogP contribution is 2.38. The second-order valence-electron chi connectivity index (χ2n) is 9.25. The molecule has 0 radical (unpaired) electrons. The number of nitrogens with zero attached hydrogens (tertiary/aromatic N) is 5. The van der Waals surface area contributed by atoms with Crippen molar-refractivity contribution in [3.05, 3.63) is 124 Å². The molecule has 5 aromatic rings. The van der Waals surface area contributed by atoms with Crippen LogP contribution in [0.4, 0.5) is 17.1 Å². The highest BCUT2D eigenvalue weighted by Gasteiger charge is 2.15. The SMILES string of the molecule is N#CC(C#N)=Cc1ccc(-c2ccc(N(c3ccc(C(=O)O)cc3)c3ccc(-c4ccc(C=C(C#N)C#N)s4)cc3)cc2)s1. The van der Waals surface area contributed by atoms with Gasteiger partial charge in [-0.25, -0.2) is 4.79 Å². The number of hydrogen-bond acceptors (Lipinski definition) is 8. The van der Waals surface area contributed by atoms with Crippen LogP contribution in [0.15, 0.2) is 108 Å². The van der Waals surface area contributed by atoms with Crippen LogP contribution in [0.5, 0.6) is 0 Å². The van der Waals surface area contributed by atoms with Gasteiger partial charge in [0, 0.05) is 36.6 Å². The summed E-state index contributed by atoms with van der Waals surface area (Å²) in [7, 11) is 0. The third kappa shape index (κ3) is 6.47. The van der Waals surface area contributed by atoms with E-state index in [0.29, 0.717) is 0 Å². The summed E-state index contributed by atoms with van der Waals surface area (Å²) < 4.78 is 0. The van der Waals surface area contributed by atoms with Crippen LogP contribution in [0.25, 0.3) is 33.0 Å². The van der Waals surface area contributed by atoms with Gasteiger partial charge in [-0.1, -0.05) is 24.3 Å². The van der Waals surface area contributed by atoms with E-state index in [0.717, 1.165) is 47.7 Å². The number of aromatic carboxylic acids is 1. The van der Waals surface area contributed by atoms with Crippen molar-refractivity contribution in [1.29, 1.82) is 21.0 Å². The van der Waals surface area contributed by atoms with Crippen LogP contribution in [-0.4, -0.2) is 11.1 Å². The third-order valence-corrected chi connectivity index (χ3v) is 8.66. The van der Waals surface area contributed by atoms with Gasteiger partial charge in [0.1, 0.15) is 35.4 Å². The molecule has 2 aromatic heterocycles. The summed E-state index contributed by atoms with van der Waals surface area (Å²) in [5, 5.41) is 45.6. The Morgan fingerprint density at radius 2 is 0.932 bits per heavy atom. The van der Waals surface area contributed by atoms with E-state index in [1.165, 1.54) is 22.7 Å². The van der Waals surface area contributed by atoms with Crippen molar-refractivity contribution in [1.82, 2.24) is 0 Å². The minimum atomic E-state index is -1.000. The van der Waals surface area contributed by atoms with Crippen molar-refractivity contribution < 1.29 is 9.90 Å². The summed E-state index contributed by atoms with van der Waals surface area (Å²) in [6, 6.07) is 37.8. The zero-order chi connectivity index (χ0) is 31.1. The van der Waals surface area contributed by atoms with Crippen molar-refractivity contribution in [2.45, 2.75) is 0 Å². The highest BCUT2D eigenvalue weighted by molar-refractivity contribution is 7.16. The Morgan fingerprint density at radius 1 is 0.568 bits per heavy atom. The zero-order valence-electron chi connectivity index (χ0n) is 22.8. The molecule has 5 rings (SSSR count). The van der Waals surface area contributed by atoms with Gasteiger partial charge >= 0.3 is 5.97 Å². The molecule has 2 heterocycles. The molecule has 9 heteroatoms. The van der Waals surface area contributed by atoms with E-state index in [1.807, 2.05) is 102 Å². The van der Waals surface area contributed by atoms with Crippen LogP contribution in [0.3, 0.4) is 0 Å². The van der Waals surface area contributed by atoms with E-state index < -0.39 is 5.97 Å². The Bertz CT molecular complexity index is 1920. The summed E-state index contributed by atoms with van der Waals surface area (Å²) in [6.45, 7) is 0. The van der Waals surface area contributed by atoms with E-state index in [2.05, 4.69) is 0 Å². The first-order chi connectivity index (χ1) is 21.4. The number of anilines is 3. The molecule has 0 saturated heterocycles. The minimum Gasteiger partial charge on any atom is -0.478 e. The first kappa shape index (κ1) is 29.3. The molecular weight excluding hydrogens is 587 g/mol. The lowest BCUT2D eigenvalue weighted by Crippen LogP contribution is -2.10. The lowest BCUT2D eigenvalue weighted by molar-refractivity contribution is 0.0697. The maximum absolute atomic E-state index is 11.5. The molecule has 0 fully saturated rings. The van der Waals surface area contributed by atoms with E-state index in [4.69, 9.17) is 21.0 Å². The topological polar surface area (TPSA) is 136 Å². The van der Waals surface area contributed by atoms with Crippen LogP contribution >= 0.6 is 22.7 Å². The molecule has 0 spiro atoms. The van der Waals surface area contributed by atoms with Crippen molar-refractivity contribution in [2.75, 3.05) is 4.90 Å². The second-order valence-corrected chi connectivity index (χ2v) is 11.5. The number of rotatable bonds is 8. The predicted molar refractivity (Wildman–Crippen MR) is 173 cm³/mol. The minimum absolute atomic E-state index is 0.0489. The predicted octanol–water partition coefficient (Wildman–Crippen LogP) is 9.17. The summed E-state index contributed by atoms with van der Waals surface area (Å²) >= 11 is 2.96. The van der Waals surface area contributed by atoms with Gasteiger partial charge in [-0.3, -0.25) is 0 Å². The number of carboxylic acid groups (broad SMARTS) is 1. The van der Waals surface area contributed by atoms with Crippen molar-refractivity contribution >= 4 is 57.9 Å². The fourth-order valence-corrected chi connectivity index (χ4v) is 6.30. The van der Waals surface area contributed by atoms with Crippen molar-refractivity contribution in [3.8, 4) is 45.2 Å². The van der Waals surface area contributed by atoms with E-state index in [9.17, 15) is 9.90 Å². The smallest absolute Gasteiger partial charge is 0.335 e.